The number of hydrogen-bond donors (Lipinski definition) is 0. The lowest BCUT2D eigenvalue weighted by Gasteiger charge is -2.17. The van der Waals surface area contributed by atoms with Crippen LogP contribution in [0.25, 0.3) is 10.9 Å². The molecule has 2 aromatic rings. The molecule has 5 nitrogen and oxygen atoms in total. The predicted octanol–water partition coefficient (Wildman–Crippen LogP) is 2.16. The van der Waals surface area contributed by atoms with E-state index in [1.54, 1.807) is 11.1 Å². The fourth-order valence-corrected chi connectivity index (χ4v) is 2.85. The zero-order chi connectivity index (χ0) is 14.4. The maximum absolute atomic E-state index is 12.3. The van der Waals surface area contributed by atoms with Crippen LogP contribution in [0, 0.1) is 0 Å². The number of aromatic nitrogens is 1. The van der Waals surface area contributed by atoms with E-state index in [1.807, 2.05) is 30.3 Å². The first-order chi connectivity index (χ1) is 10.2. The van der Waals surface area contributed by atoms with Crippen molar-refractivity contribution in [3.63, 3.8) is 0 Å². The van der Waals surface area contributed by atoms with Crippen LogP contribution in [0.15, 0.2) is 36.5 Å². The predicted molar refractivity (Wildman–Crippen MR) is 77.4 cm³/mol. The zero-order valence-electron chi connectivity index (χ0n) is 11.5. The highest BCUT2D eigenvalue weighted by Gasteiger charge is 2.43. The van der Waals surface area contributed by atoms with Crippen LogP contribution in [0.4, 0.5) is 4.79 Å². The highest BCUT2D eigenvalue weighted by Crippen LogP contribution is 2.31. The third-order valence-corrected chi connectivity index (χ3v) is 4.12. The Labute approximate surface area is 122 Å². The van der Waals surface area contributed by atoms with Gasteiger partial charge in [0.25, 0.3) is 5.91 Å². The minimum atomic E-state index is -0.157. The number of benzene rings is 1. The van der Waals surface area contributed by atoms with Gasteiger partial charge in [0.2, 0.25) is 0 Å². The molecular weight excluding hydrogens is 266 g/mol. The van der Waals surface area contributed by atoms with E-state index in [0.717, 1.165) is 29.3 Å². The normalized spacial score (nSPS) is 18.9. The molecule has 1 saturated carbocycles. The standard InChI is InChI=1S/C16H15N3O2/c20-14-10-18(13-6-7-13)16(21)19(14)9-12-4-1-3-11-5-2-8-17-15(11)12/h1-5,8,13H,6-7,9-10H2. The monoisotopic (exact) mass is 281 g/mol. The number of hydrogen-bond acceptors (Lipinski definition) is 3. The van der Waals surface area contributed by atoms with E-state index in [2.05, 4.69) is 4.98 Å². The van der Waals surface area contributed by atoms with Gasteiger partial charge in [-0.3, -0.25) is 14.7 Å². The molecule has 1 aliphatic heterocycles. The van der Waals surface area contributed by atoms with Gasteiger partial charge in [-0.2, -0.15) is 0 Å². The molecule has 0 bridgehead atoms. The highest BCUT2D eigenvalue weighted by molar-refractivity contribution is 6.02. The van der Waals surface area contributed by atoms with E-state index in [0.29, 0.717) is 6.54 Å². The number of para-hydroxylation sites is 1. The molecule has 0 spiro atoms. The van der Waals surface area contributed by atoms with Crippen molar-refractivity contribution in [1.82, 2.24) is 14.8 Å². The zero-order valence-corrected chi connectivity index (χ0v) is 11.5. The second-order valence-electron chi connectivity index (χ2n) is 5.61. The second-order valence-corrected chi connectivity index (χ2v) is 5.61. The molecular formula is C16H15N3O2. The van der Waals surface area contributed by atoms with E-state index < -0.39 is 0 Å². The maximum Gasteiger partial charge on any atom is 0.327 e. The fourth-order valence-electron chi connectivity index (χ4n) is 2.85. The molecule has 5 heteroatoms. The van der Waals surface area contributed by atoms with Crippen LogP contribution in [0.2, 0.25) is 0 Å². The van der Waals surface area contributed by atoms with Gasteiger partial charge in [-0.05, 0) is 24.5 Å². The van der Waals surface area contributed by atoms with Crippen molar-refractivity contribution in [3.8, 4) is 0 Å². The summed E-state index contributed by atoms with van der Waals surface area (Å²) in [6.45, 7) is 0.525. The van der Waals surface area contributed by atoms with Crippen LogP contribution >= 0.6 is 0 Å². The molecule has 0 N–H and O–H groups in total. The average Bonchev–Trinajstić information content (AvgIpc) is 3.30. The Balaban J connectivity index is 1.65. The topological polar surface area (TPSA) is 53.5 Å². The molecule has 0 radical (unpaired) electrons. The van der Waals surface area contributed by atoms with Crippen molar-refractivity contribution in [1.29, 1.82) is 0 Å². The number of carbonyl (C=O) groups is 2. The average molecular weight is 281 g/mol. The van der Waals surface area contributed by atoms with E-state index in [-0.39, 0.29) is 24.5 Å². The lowest BCUT2D eigenvalue weighted by Crippen LogP contribution is -2.33. The number of urea groups is 1. The van der Waals surface area contributed by atoms with Crippen molar-refractivity contribution in [3.05, 3.63) is 42.1 Å². The van der Waals surface area contributed by atoms with Crippen molar-refractivity contribution >= 4 is 22.8 Å². The number of pyridine rings is 1. The first kappa shape index (κ1) is 12.3. The first-order valence-electron chi connectivity index (χ1n) is 7.17. The Bertz CT molecular complexity index is 734. The number of rotatable bonds is 3. The van der Waals surface area contributed by atoms with Crippen LogP contribution in [0.5, 0.6) is 0 Å². The summed E-state index contributed by atoms with van der Waals surface area (Å²) in [5.74, 6) is -0.111. The fraction of sp³-hybridized carbons (Fsp3) is 0.312. The smallest absolute Gasteiger partial charge is 0.312 e. The van der Waals surface area contributed by atoms with Crippen LogP contribution in [-0.4, -0.2) is 39.3 Å². The van der Waals surface area contributed by atoms with Gasteiger partial charge in [-0.1, -0.05) is 24.3 Å². The molecule has 1 aromatic heterocycles. The molecule has 4 rings (SSSR count). The molecule has 2 heterocycles. The Morgan fingerprint density at radius 1 is 1.14 bits per heavy atom. The molecule has 106 valence electrons. The van der Waals surface area contributed by atoms with Gasteiger partial charge in [0.15, 0.2) is 0 Å². The molecule has 2 fully saturated rings. The first-order valence-corrected chi connectivity index (χ1v) is 7.17. The number of carbonyl (C=O) groups excluding carboxylic acids is 2. The van der Waals surface area contributed by atoms with E-state index in [1.165, 1.54) is 4.90 Å². The third-order valence-electron chi connectivity index (χ3n) is 4.12. The Kier molecular flexibility index (Phi) is 2.67. The van der Waals surface area contributed by atoms with E-state index in [4.69, 9.17) is 0 Å². The lowest BCUT2D eigenvalue weighted by molar-refractivity contribution is -0.125. The molecule has 0 atom stereocenters. The number of nitrogens with zero attached hydrogens (tertiary/aromatic N) is 3. The minimum absolute atomic E-state index is 0.111. The van der Waals surface area contributed by atoms with Crippen molar-refractivity contribution < 1.29 is 9.59 Å². The van der Waals surface area contributed by atoms with E-state index >= 15 is 0 Å². The molecule has 0 unspecified atom stereocenters. The molecule has 2 aliphatic rings. The number of amides is 3. The Morgan fingerprint density at radius 2 is 1.95 bits per heavy atom. The number of fused-ring (bicyclic) bond motifs is 1. The Morgan fingerprint density at radius 3 is 2.76 bits per heavy atom. The largest absolute Gasteiger partial charge is 0.327 e. The van der Waals surface area contributed by atoms with Crippen molar-refractivity contribution in [2.45, 2.75) is 25.4 Å². The summed E-state index contributed by atoms with van der Waals surface area (Å²) in [6.07, 6.45) is 3.77. The summed E-state index contributed by atoms with van der Waals surface area (Å²) in [6, 6.07) is 9.82. The highest BCUT2D eigenvalue weighted by atomic mass is 16.2. The van der Waals surface area contributed by atoms with Crippen LogP contribution in [0.1, 0.15) is 18.4 Å². The van der Waals surface area contributed by atoms with E-state index in [9.17, 15) is 9.59 Å². The summed E-state index contributed by atoms with van der Waals surface area (Å²) in [5.41, 5.74) is 1.76. The van der Waals surface area contributed by atoms with Gasteiger partial charge in [0, 0.05) is 17.6 Å². The van der Waals surface area contributed by atoms with Gasteiger partial charge in [-0.15, -0.1) is 0 Å². The van der Waals surface area contributed by atoms with Gasteiger partial charge in [0.05, 0.1) is 12.1 Å². The number of imide groups is 1. The van der Waals surface area contributed by atoms with Gasteiger partial charge in [-0.25, -0.2) is 4.79 Å². The maximum atomic E-state index is 12.3. The summed E-state index contributed by atoms with van der Waals surface area (Å²) < 4.78 is 0. The molecule has 21 heavy (non-hydrogen) atoms. The van der Waals surface area contributed by atoms with Gasteiger partial charge >= 0.3 is 6.03 Å². The summed E-state index contributed by atoms with van der Waals surface area (Å²) in [4.78, 5) is 31.9. The second kappa shape index (κ2) is 4.55. The summed E-state index contributed by atoms with van der Waals surface area (Å²) in [7, 11) is 0. The molecule has 1 saturated heterocycles. The van der Waals surface area contributed by atoms with Gasteiger partial charge < -0.3 is 4.90 Å². The molecule has 3 amide bonds. The Hall–Kier alpha value is -2.43. The van der Waals surface area contributed by atoms with Crippen LogP contribution in [0.3, 0.4) is 0 Å². The van der Waals surface area contributed by atoms with Crippen molar-refractivity contribution in [2.24, 2.45) is 0 Å². The lowest BCUT2D eigenvalue weighted by atomic mass is 10.1. The molecule has 1 aliphatic carbocycles. The summed E-state index contributed by atoms with van der Waals surface area (Å²) >= 11 is 0. The third kappa shape index (κ3) is 2.05. The SMILES string of the molecule is O=C1CN(C2CC2)C(=O)N1Cc1cccc2cccnc12. The quantitative estimate of drug-likeness (QED) is 0.810. The van der Waals surface area contributed by atoms with Crippen LogP contribution < -0.4 is 0 Å². The summed E-state index contributed by atoms with van der Waals surface area (Å²) in [5, 5.41) is 1.02. The minimum Gasteiger partial charge on any atom is -0.312 e. The van der Waals surface area contributed by atoms with Crippen LogP contribution in [-0.2, 0) is 11.3 Å². The van der Waals surface area contributed by atoms with Crippen molar-refractivity contribution in [2.75, 3.05) is 6.54 Å². The van der Waals surface area contributed by atoms with Gasteiger partial charge in [0.1, 0.15) is 6.54 Å². The molecule has 1 aromatic carbocycles.